The standard InChI is InChI=1S/C10H10O4Se/c11-9(12)6-7-10(13)14-15-8-4-2-1-3-5-8/h1-5H,6-7H2,(H,11,12). The quantitative estimate of drug-likeness (QED) is 0.786. The van der Waals surface area contributed by atoms with E-state index in [1.54, 1.807) is 0 Å². The van der Waals surface area contributed by atoms with Crippen LogP contribution in [-0.4, -0.2) is 32.3 Å². The number of aliphatic carboxylic acids is 1. The van der Waals surface area contributed by atoms with Crippen LogP contribution >= 0.6 is 0 Å². The predicted molar refractivity (Wildman–Crippen MR) is 54.8 cm³/mol. The molecule has 0 bridgehead atoms. The van der Waals surface area contributed by atoms with Gasteiger partial charge < -0.3 is 0 Å². The first kappa shape index (κ1) is 11.8. The van der Waals surface area contributed by atoms with Gasteiger partial charge in [0.1, 0.15) is 0 Å². The average Bonchev–Trinajstić information content (AvgIpc) is 2.25. The number of hydrogen-bond acceptors (Lipinski definition) is 3. The molecule has 0 aliphatic rings. The summed E-state index contributed by atoms with van der Waals surface area (Å²) in [5, 5.41) is 8.34. The summed E-state index contributed by atoms with van der Waals surface area (Å²) in [5.41, 5.74) is 0. The van der Waals surface area contributed by atoms with Gasteiger partial charge in [0, 0.05) is 0 Å². The van der Waals surface area contributed by atoms with E-state index in [0.717, 1.165) is 4.46 Å². The fourth-order valence-electron chi connectivity index (χ4n) is 0.821. The molecule has 5 heteroatoms. The van der Waals surface area contributed by atoms with Gasteiger partial charge in [-0.1, -0.05) is 0 Å². The second kappa shape index (κ2) is 6.22. The van der Waals surface area contributed by atoms with Crippen LogP contribution in [0.2, 0.25) is 0 Å². The third-order valence-corrected chi connectivity index (χ3v) is 3.06. The van der Waals surface area contributed by atoms with Crippen molar-refractivity contribution in [1.82, 2.24) is 0 Å². The summed E-state index contributed by atoms with van der Waals surface area (Å²) < 4.78 is 5.89. The summed E-state index contributed by atoms with van der Waals surface area (Å²) in [4.78, 5) is 21.2. The Morgan fingerprint density at radius 1 is 1.20 bits per heavy atom. The molecule has 0 fully saturated rings. The molecule has 0 heterocycles. The molecule has 1 aromatic rings. The van der Waals surface area contributed by atoms with Gasteiger partial charge in [0.25, 0.3) is 0 Å². The van der Waals surface area contributed by atoms with Crippen molar-refractivity contribution < 1.29 is 18.5 Å². The zero-order chi connectivity index (χ0) is 11.1. The maximum absolute atomic E-state index is 11.1. The van der Waals surface area contributed by atoms with Crippen LogP contribution in [0.3, 0.4) is 0 Å². The van der Waals surface area contributed by atoms with E-state index in [1.165, 1.54) is 0 Å². The molecule has 0 aliphatic heterocycles. The Labute approximate surface area is 93.7 Å². The second-order valence-corrected chi connectivity index (χ2v) is 4.43. The first-order chi connectivity index (χ1) is 7.18. The third-order valence-electron chi connectivity index (χ3n) is 1.52. The monoisotopic (exact) mass is 274 g/mol. The molecule has 1 rings (SSSR count). The van der Waals surface area contributed by atoms with Gasteiger partial charge in [0.15, 0.2) is 0 Å². The molecule has 0 unspecified atom stereocenters. The van der Waals surface area contributed by atoms with E-state index in [2.05, 4.69) is 0 Å². The zero-order valence-electron chi connectivity index (χ0n) is 7.88. The molecular weight excluding hydrogens is 263 g/mol. The van der Waals surface area contributed by atoms with E-state index in [1.807, 2.05) is 30.3 Å². The van der Waals surface area contributed by atoms with Crippen molar-refractivity contribution in [3.8, 4) is 0 Å². The third kappa shape index (κ3) is 5.20. The SMILES string of the molecule is O=C(O)CCC(=O)O[Se]c1ccccc1. The van der Waals surface area contributed by atoms with Crippen molar-refractivity contribution in [1.29, 1.82) is 0 Å². The normalized spacial score (nSPS) is 9.60. The van der Waals surface area contributed by atoms with Crippen LogP contribution in [0, 0.1) is 0 Å². The van der Waals surface area contributed by atoms with Crippen LogP contribution < -0.4 is 4.46 Å². The first-order valence-corrected chi connectivity index (χ1v) is 5.88. The number of carboxylic acids is 1. The Morgan fingerprint density at radius 2 is 1.87 bits per heavy atom. The number of rotatable bonds is 5. The molecule has 80 valence electrons. The van der Waals surface area contributed by atoms with E-state index in [0.29, 0.717) is 0 Å². The Kier molecular flexibility index (Phi) is 4.87. The van der Waals surface area contributed by atoms with Crippen molar-refractivity contribution in [2.24, 2.45) is 0 Å². The van der Waals surface area contributed by atoms with Crippen LogP contribution in [0.25, 0.3) is 0 Å². The van der Waals surface area contributed by atoms with Crippen molar-refractivity contribution in [2.45, 2.75) is 12.8 Å². The van der Waals surface area contributed by atoms with E-state index in [4.69, 9.17) is 8.93 Å². The van der Waals surface area contributed by atoms with E-state index < -0.39 is 11.9 Å². The molecule has 0 saturated carbocycles. The van der Waals surface area contributed by atoms with Gasteiger partial charge in [-0.3, -0.25) is 0 Å². The fraction of sp³-hybridized carbons (Fsp3) is 0.200. The minimum absolute atomic E-state index is 0.0656. The number of carboxylic acid groups (broad SMARTS) is 1. The van der Waals surface area contributed by atoms with E-state index in [9.17, 15) is 9.59 Å². The number of hydrogen-bond donors (Lipinski definition) is 1. The summed E-state index contributed by atoms with van der Waals surface area (Å²) in [6, 6.07) is 9.34. The predicted octanol–water partition coefficient (Wildman–Crippen LogP) is 0.339. The Balaban J connectivity index is 2.26. The summed E-state index contributed by atoms with van der Waals surface area (Å²) >= 11 is -0.364. The molecule has 0 amide bonds. The van der Waals surface area contributed by atoms with Crippen molar-refractivity contribution in [2.75, 3.05) is 0 Å². The molecule has 0 radical (unpaired) electrons. The Hall–Kier alpha value is -1.32. The van der Waals surface area contributed by atoms with Crippen LogP contribution in [-0.2, 0) is 13.4 Å². The summed E-state index contributed by atoms with van der Waals surface area (Å²) in [7, 11) is 0. The van der Waals surface area contributed by atoms with Crippen molar-refractivity contribution >= 4 is 31.7 Å². The summed E-state index contributed by atoms with van der Waals surface area (Å²) in [5.74, 6) is -1.44. The molecule has 0 saturated heterocycles. The van der Waals surface area contributed by atoms with E-state index in [-0.39, 0.29) is 28.1 Å². The van der Waals surface area contributed by atoms with Gasteiger partial charge in [-0.25, -0.2) is 0 Å². The van der Waals surface area contributed by atoms with Crippen molar-refractivity contribution in [3.63, 3.8) is 0 Å². The number of carbonyl (C=O) groups excluding carboxylic acids is 1. The Morgan fingerprint density at radius 3 is 2.47 bits per heavy atom. The number of carbonyl (C=O) groups is 2. The topological polar surface area (TPSA) is 63.6 Å². The minimum atomic E-state index is -0.987. The zero-order valence-corrected chi connectivity index (χ0v) is 9.59. The van der Waals surface area contributed by atoms with Crippen molar-refractivity contribution in [3.05, 3.63) is 30.3 Å². The Bertz CT molecular complexity index is 337. The van der Waals surface area contributed by atoms with Crippen LogP contribution in [0.4, 0.5) is 0 Å². The fourth-order valence-corrected chi connectivity index (χ4v) is 1.96. The van der Waals surface area contributed by atoms with Gasteiger partial charge in [-0.2, -0.15) is 0 Å². The van der Waals surface area contributed by atoms with Crippen LogP contribution in [0.5, 0.6) is 0 Å². The molecule has 1 N–H and O–H groups in total. The second-order valence-electron chi connectivity index (χ2n) is 2.75. The number of benzene rings is 1. The van der Waals surface area contributed by atoms with Gasteiger partial charge in [-0.05, 0) is 0 Å². The maximum atomic E-state index is 11.1. The van der Waals surface area contributed by atoms with Gasteiger partial charge in [0.2, 0.25) is 0 Å². The molecule has 0 aliphatic carbocycles. The molecule has 1 aromatic carbocycles. The molecule has 0 spiro atoms. The average molecular weight is 273 g/mol. The summed E-state index contributed by atoms with van der Waals surface area (Å²) in [6.07, 6.45) is -0.242. The van der Waals surface area contributed by atoms with Crippen LogP contribution in [0.1, 0.15) is 12.8 Å². The first-order valence-electron chi connectivity index (χ1n) is 4.32. The molecule has 0 atom stereocenters. The molecule has 0 aromatic heterocycles. The molecule has 15 heavy (non-hydrogen) atoms. The van der Waals surface area contributed by atoms with Gasteiger partial charge in [0.05, 0.1) is 0 Å². The van der Waals surface area contributed by atoms with Gasteiger partial charge >= 0.3 is 93.4 Å². The molecule has 4 nitrogen and oxygen atoms in total. The van der Waals surface area contributed by atoms with Gasteiger partial charge in [-0.15, -0.1) is 0 Å². The van der Waals surface area contributed by atoms with Crippen LogP contribution in [0.15, 0.2) is 30.3 Å². The molecular formula is C10H10O4Se. The summed E-state index contributed by atoms with van der Waals surface area (Å²) in [6.45, 7) is 0. The van der Waals surface area contributed by atoms with E-state index >= 15 is 0 Å².